The van der Waals surface area contributed by atoms with Crippen LogP contribution >= 0.6 is 11.6 Å². The van der Waals surface area contributed by atoms with E-state index in [4.69, 9.17) is 22.1 Å². The first-order valence-corrected chi connectivity index (χ1v) is 6.70. The lowest BCUT2D eigenvalue weighted by molar-refractivity contribution is 0.220. The molecule has 1 aromatic heterocycles. The van der Waals surface area contributed by atoms with E-state index in [-0.39, 0.29) is 11.9 Å². The molecule has 1 aromatic carbocycles. The van der Waals surface area contributed by atoms with E-state index in [2.05, 4.69) is 4.98 Å². The van der Waals surface area contributed by atoms with Crippen molar-refractivity contribution in [1.82, 2.24) is 4.98 Å². The molecule has 0 radical (unpaired) electrons. The number of hydrogen-bond donors (Lipinski definition) is 2. The molecule has 0 spiro atoms. The Balaban J connectivity index is 2.24. The maximum atomic E-state index is 10.4. The van der Waals surface area contributed by atoms with E-state index in [0.717, 1.165) is 5.75 Å². The van der Waals surface area contributed by atoms with Gasteiger partial charge in [0.05, 0.1) is 11.1 Å². The van der Waals surface area contributed by atoms with Gasteiger partial charge < -0.3 is 15.6 Å². The van der Waals surface area contributed by atoms with Gasteiger partial charge in [-0.2, -0.15) is 0 Å². The Kier molecular flexibility index (Phi) is 4.47. The van der Waals surface area contributed by atoms with Gasteiger partial charge in [-0.1, -0.05) is 23.7 Å². The zero-order valence-corrected chi connectivity index (χ0v) is 12.1. The number of benzene rings is 1. The third-order valence-corrected chi connectivity index (χ3v) is 2.99. The molecule has 2 aromatic rings. The molecule has 0 aliphatic heterocycles. The van der Waals surface area contributed by atoms with Crippen LogP contribution < -0.4 is 10.5 Å². The Hall–Kier alpha value is -1.78. The summed E-state index contributed by atoms with van der Waals surface area (Å²) in [4.78, 5) is 3.94. The van der Waals surface area contributed by atoms with Crippen molar-refractivity contribution >= 4 is 17.4 Å². The van der Waals surface area contributed by atoms with Crippen LogP contribution in [0.15, 0.2) is 36.5 Å². The van der Waals surface area contributed by atoms with Crippen molar-refractivity contribution in [2.75, 3.05) is 5.73 Å². The zero-order chi connectivity index (χ0) is 14.7. The number of halogens is 1. The zero-order valence-electron chi connectivity index (χ0n) is 11.4. The topological polar surface area (TPSA) is 68.4 Å². The second kappa shape index (κ2) is 6.11. The molecular formula is C15H17ClN2O2. The Labute approximate surface area is 123 Å². The molecule has 1 atom stereocenters. The fourth-order valence-electron chi connectivity index (χ4n) is 1.86. The smallest absolute Gasteiger partial charge is 0.129 e. The monoisotopic (exact) mass is 292 g/mol. The lowest BCUT2D eigenvalue weighted by atomic mass is 10.0. The number of aliphatic hydroxyl groups is 1. The van der Waals surface area contributed by atoms with Crippen molar-refractivity contribution in [2.24, 2.45) is 0 Å². The highest BCUT2D eigenvalue weighted by molar-refractivity contribution is 6.30. The number of pyridine rings is 1. The van der Waals surface area contributed by atoms with Gasteiger partial charge in [0.1, 0.15) is 17.7 Å². The molecule has 0 amide bonds. The van der Waals surface area contributed by atoms with Crippen molar-refractivity contribution in [2.45, 2.75) is 26.1 Å². The molecule has 1 heterocycles. The van der Waals surface area contributed by atoms with E-state index in [1.807, 2.05) is 26.0 Å². The standard InChI is InChI=1S/C15H17ClN2O2/c1-9(2)20-12-5-3-10(4-6-12)14(19)13-7-11(16)8-18-15(13)17/h3-9,14,19H,1-2H3,(H2,17,18). The first kappa shape index (κ1) is 14.6. The minimum Gasteiger partial charge on any atom is -0.491 e. The number of nitrogens with zero attached hydrogens (tertiary/aromatic N) is 1. The van der Waals surface area contributed by atoms with Gasteiger partial charge in [-0.15, -0.1) is 0 Å². The summed E-state index contributed by atoms with van der Waals surface area (Å²) in [6.07, 6.45) is 0.694. The van der Waals surface area contributed by atoms with Gasteiger partial charge in [0.25, 0.3) is 0 Å². The Bertz CT molecular complexity index is 585. The van der Waals surface area contributed by atoms with Crippen LogP contribution in [0.2, 0.25) is 5.02 Å². The molecule has 0 bridgehead atoms. The van der Waals surface area contributed by atoms with E-state index in [9.17, 15) is 5.11 Å². The largest absolute Gasteiger partial charge is 0.491 e. The SMILES string of the molecule is CC(C)Oc1ccc(C(O)c2cc(Cl)cnc2N)cc1. The average molecular weight is 293 g/mol. The van der Waals surface area contributed by atoms with Crippen LogP contribution in [0.3, 0.4) is 0 Å². The van der Waals surface area contributed by atoms with Crippen LogP contribution in [-0.4, -0.2) is 16.2 Å². The summed E-state index contributed by atoms with van der Waals surface area (Å²) in [5.74, 6) is 1.03. The summed E-state index contributed by atoms with van der Waals surface area (Å²) in [7, 11) is 0. The van der Waals surface area contributed by atoms with Gasteiger partial charge in [-0.25, -0.2) is 4.98 Å². The number of aliphatic hydroxyl groups excluding tert-OH is 1. The van der Waals surface area contributed by atoms with Crippen molar-refractivity contribution in [3.8, 4) is 5.75 Å². The third kappa shape index (κ3) is 3.40. The second-order valence-electron chi connectivity index (χ2n) is 4.77. The van der Waals surface area contributed by atoms with Crippen LogP contribution in [0.4, 0.5) is 5.82 Å². The molecule has 3 N–H and O–H groups in total. The Morgan fingerprint density at radius 1 is 1.25 bits per heavy atom. The van der Waals surface area contributed by atoms with Gasteiger partial charge >= 0.3 is 0 Å². The molecule has 0 saturated carbocycles. The molecule has 20 heavy (non-hydrogen) atoms. The highest BCUT2D eigenvalue weighted by atomic mass is 35.5. The molecule has 0 aliphatic rings. The quantitative estimate of drug-likeness (QED) is 0.908. The molecule has 0 saturated heterocycles. The first-order valence-electron chi connectivity index (χ1n) is 6.33. The van der Waals surface area contributed by atoms with E-state index in [1.54, 1.807) is 18.2 Å². The minimum absolute atomic E-state index is 0.110. The van der Waals surface area contributed by atoms with Crippen molar-refractivity contribution in [3.05, 3.63) is 52.7 Å². The van der Waals surface area contributed by atoms with E-state index in [1.165, 1.54) is 6.20 Å². The second-order valence-corrected chi connectivity index (χ2v) is 5.20. The van der Waals surface area contributed by atoms with Gasteiger partial charge in [-0.3, -0.25) is 0 Å². The number of ether oxygens (including phenoxy) is 1. The van der Waals surface area contributed by atoms with Crippen molar-refractivity contribution < 1.29 is 9.84 Å². The fraction of sp³-hybridized carbons (Fsp3) is 0.267. The van der Waals surface area contributed by atoms with Crippen molar-refractivity contribution in [1.29, 1.82) is 0 Å². The number of rotatable bonds is 4. The molecule has 0 fully saturated rings. The highest BCUT2D eigenvalue weighted by Crippen LogP contribution is 2.28. The number of hydrogen-bond acceptors (Lipinski definition) is 4. The lowest BCUT2D eigenvalue weighted by Gasteiger charge is -2.15. The average Bonchev–Trinajstić information content (AvgIpc) is 2.41. The Morgan fingerprint density at radius 2 is 1.90 bits per heavy atom. The van der Waals surface area contributed by atoms with Crippen LogP contribution in [0.1, 0.15) is 31.1 Å². The molecule has 106 valence electrons. The van der Waals surface area contributed by atoms with Gasteiger partial charge in [0.2, 0.25) is 0 Å². The van der Waals surface area contributed by atoms with E-state index in [0.29, 0.717) is 16.1 Å². The Morgan fingerprint density at radius 3 is 2.50 bits per heavy atom. The highest BCUT2D eigenvalue weighted by Gasteiger charge is 2.15. The summed E-state index contributed by atoms with van der Waals surface area (Å²) in [5, 5.41) is 10.8. The normalized spacial score (nSPS) is 12.4. The van der Waals surface area contributed by atoms with Gasteiger partial charge in [0, 0.05) is 11.8 Å². The maximum absolute atomic E-state index is 10.4. The van der Waals surface area contributed by atoms with Gasteiger partial charge in [-0.05, 0) is 37.6 Å². The maximum Gasteiger partial charge on any atom is 0.129 e. The third-order valence-electron chi connectivity index (χ3n) is 2.78. The van der Waals surface area contributed by atoms with E-state index >= 15 is 0 Å². The van der Waals surface area contributed by atoms with Crippen LogP contribution in [-0.2, 0) is 0 Å². The molecular weight excluding hydrogens is 276 g/mol. The number of nitrogens with two attached hydrogens (primary N) is 1. The fourth-order valence-corrected chi connectivity index (χ4v) is 2.03. The summed E-state index contributed by atoms with van der Waals surface area (Å²) in [5.41, 5.74) is 6.97. The summed E-state index contributed by atoms with van der Waals surface area (Å²) in [6, 6.07) is 8.83. The van der Waals surface area contributed by atoms with Crippen LogP contribution in [0.25, 0.3) is 0 Å². The van der Waals surface area contributed by atoms with Crippen molar-refractivity contribution in [3.63, 3.8) is 0 Å². The molecule has 0 aliphatic carbocycles. The number of nitrogen functional groups attached to an aromatic ring is 1. The summed E-state index contributed by atoms with van der Waals surface area (Å²) >= 11 is 5.88. The minimum atomic E-state index is -0.866. The first-order chi connectivity index (χ1) is 9.47. The van der Waals surface area contributed by atoms with Crippen LogP contribution in [0, 0.1) is 0 Å². The van der Waals surface area contributed by atoms with E-state index < -0.39 is 6.10 Å². The van der Waals surface area contributed by atoms with Crippen LogP contribution in [0.5, 0.6) is 5.75 Å². The lowest BCUT2D eigenvalue weighted by Crippen LogP contribution is -2.07. The molecule has 4 nitrogen and oxygen atoms in total. The summed E-state index contributed by atoms with van der Waals surface area (Å²) < 4.78 is 5.56. The molecule has 2 rings (SSSR count). The predicted octanol–water partition coefficient (Wildman–Crippen LogP) is 3.19. The number of aromatic nitrogens is 1. The molecule has 5 heteroatoms. The predicted molar refractivity (Wildman–Crippen MR) is 79.9 cm³/mol. The number of anilines is 1. The summed E-state index contributed by atoms with van der Waals surface area (Å²) in [6.45, 7) is 3.92. The molecule has 1 unspecified atom stereocenters. The van der Waals surface area contributed by atoms with Gasteiger partial charge in [0.15, 0.2) is 0 Å².